The van der Waals surface area contributed by atoms with Crippen molar-refractivity contribution in [1.82, 2.24) is 0 Å². The van der Waals surface area contributed by atoms with Gasteiger partial charge in [0.15, 0.2) is 0 Å². The third kappa shape index (κ3) is 2.40. The van der Waals surface area contributed by atoms with Crippen molar-refractivity contribution in [1.29, 1.82) is 0 Å². The number of ether oxygens (including phenoxy) is 1. The van der Waals surface area contributed by atoms with E-state index in [1.54, 1.807) is 13.2 Å². The lowest BCUT2D eigenvalue weighted by atomic mass is 10.1. The SMILES string of the molecule is CO/C=C/C(O)c1ccccc1. The molecule has 0 amide bonds. The van der Waals surface area contributed by atoms with E-state index in [2.05, 4.69) is 0 Å². The first-order chi connectivity index (χ1) is 5.84. The lowest BCUT2D eigenvalue weighted by Crippen LogP contribution is -1.91. The Hall–Kier alpha value is -1.28. The highest BCUT2D eigenvalue weighted by Crippen LogP contribution is 2.12. The second-order valence-electron chi connectivity index (χ2n) is 2.42. The molecular formula is C10H12O2. The van der Waals surface area contributed by atoms with E-state index in [0.29, 0.717) is 0 Å². The monoisotopic (exact) mass is 164 g/mol. The smallest absolute Gasteiger partial charge is 0.100 e. The zero-order chi connectivity index (χ0) is 8.81. The average Bonchev–Trinajstić information content (AvgIpc) is 2.15. The summed E-state index contributed by atoms with van der Waals surface area (Å²) in [6, 6.07) is 9.42. The van der Waals surface area contributed by atoms with E-state index < -0.39 is 6.10 Å². The summed E-state index contributed by atoms with van der Waals surface area (Å²) < 4.78 is 4.69. The Morgan fingerprint density at radius 2 is 2.00 bits per heavy atom. The molecule has 0 saturated carbocycles. The number of rotatable bonds is 3. The summed E-state index contributed by atoms with van der Waals surface area (Å²) in [6.07, 6.45) is 2.48. The van der Waals surface area contributed by atoms with Crippen molar-refractivity contribution in [2.75, 3.05) is 7.11 Å². The van der Waals surface area contributed by atoms with Crippen LogP contribution in [-0.2, 0) is 4.74 Å². The first-order valence-electron chi connectivity index (χ1n) is 3.77. The first kappa shape index (κ1) is 8.81. The van der Waals surface area contributed by atoms with Gasteiger partial charge in [0.2, 0.25) is 0 Å². The van der Waals surface area contributed by atoms with E-state index in [9.17, 15) is 5.11 Å². The molecule has 1 atom stereocenters. The van der Waals surface area contributed by atoms with Crippen LogP contribution in [-0.4, -0.2) is 12.2 Å². The highest BCUT2D eigenvalue weighted by Gasteiger charge is 2.00. The van der Waals surface area contributed by atoms with Crippen LogP contribution in [0.3, 0.4) is 0 Å². The first-order valence-corrected chi connectivity index (χ1v) is 3.77. The van der Waals surface area contributed by atoms with Gasteiger partial charge in [0.05, 0.1) is 13.4 Å². The topological polar surface area (TPSA) is 29.5 Å². The number of hydrogen-bond donors (Lipinski definition) is 1. The van der Waals surface area contributed by atoms with Crippen molar-refractivity contribution in [3.63, 3.8) is 0 Å². The van der Waals surface area contributed by atoms with Crippen molar-refractivity contribution < 1.29 is 9.84 Å². The maximum Gasteiger partial charge on any atom is 0.100 e. The molecule has 0 radical (unpaired) electrons. The molecule has 2 heteroatoms. The maximum absolute atomic E-state index is 9.48. The Balaban J connectivity index is 2.65. The number of aliphatic hydroxyl groups excluding tert-OH is 1. The molecule has 0 fully saturated rings. The second kappa shape index (κ2) is 4.57. The van der Waals surface area contributed by atoms with Gasteiger partial charge in [-0.25, -0.2) is 0 Å². The van der Waals surface area contributed by atoms with E-state index in [0.717, 1.165) is 5.56 Å². The van der Waals surface area contributed by atoms with E-state index in [-0.39, 0.29) is 0 Å². The van der Waals surface area contributed by atoms with Gasteiger partial charge >= 0.3 is 0 Å². The highest BCUT2D eigenvalue weighted by atomic mass is 16.5. The van der Waals surface area contributed by atoms with Crippen molar-refractivity contribution >= 4 is 0 Å². The summed E-state index contributed by atoms with van der Waals surface area (Å²) in [7, 11) is 1.55. The van der Waals surface area contributed by atoms with Crippen molar-refractivity contribution in [3.8, 4) is 0 Å². The quantitative estimate of drug-likeness (QED) is 0.691. The van der Waals surface area contributed by atoms with Gasteiger partial charge in [-0.15, -0.1) is 0 Å². The molecule has 0 aliphatic carbocycles. The molecule has 1 aromatic rings. The molecule has 0 aliphatic rings. The number of hydrogen-bond acceptors (Lipinski definition) is 2. The van der Waals surface area contributed by atoms with Gasteiger partial charge < -0.3 is 9.84 Å². The van der Waals surface area contributed by atoms with Gasteiger partial charge in [0, 0.05) is 0 Å². The molecule has 0 aromatic heterocycles. The summed E-state index contributed by atoms with van der Waals surface area (Å²) in [5.41, 5.74) is 0.866. The van der Waals surface area contributed by atoms with Gasteiger partial charge in [-0.1, -0.05) is 30.3 Å². The number of benzene rings is 1. The van der Waals surface area contributed by atoms with Gasteiger partial charge in [0.1, 0.15) is 6.10 Å². The molecule has 1 aromatic carbocycles. The lowest BCUT2D eigenvalue weighted by Gasteiger charge is -2.03. The van der Waals surface area contributed by atoms with Crippen LogP contribution in [0.5, 0.6) is 0 Å². The summed E-state index contributed by atoms with van der Waals surface area (Å²) in [6.45, 7) is 0. The Labute approximate surface area is 72.1 Å². The predicted molar refractivity (Wildman–Crippen MR) is 47.6 cm³/mol. The van der Waals surface area contributed by atoms with Crippen LogP contribution in [0.1, 0.15) is 11.7 Å². The summed E-state index contributed by atoms with van der Waals surface area (Å²) in [5.74, 6) is 0. The third-order valence-corrected chi connectivity index (χ3v) is 1.54. The fraction of sp³-hybridized carbons (Fsp3) is 0.200. The zero-order valence-electron chi connectivity index (χ0n) is 6.97. The van der Waals surface area contributed by atoms with Crippen LogP contribution in [0.2, 0.25) is 0 Å². The molecule has 1 unspecified atom stereocenters. The summed E-state index contributed by atoms with van der Waals surface area (Å²) in [5, 5.41) is 9.48. The number of aliphatic hydroxyl groups is 1. The molecule has 1 rings (SSSR count). The van der Waals surface area contributed by atoms with Crippen LogP contribution >= 0.6 is 0 Å². The molecule has 0 spiro atoms. The fourth-order valence-electron chi connectivity index (χ4n) is 0.914. The standard InChI is InChI=1S/C10H12O2/c1-12-8-7-10(11)9-5-3-2-4-6-9/h2-8,10-11H,1H3/b8-7+. The largest absolute Gasteiger partial charge is 0.505 e. The summed E-state index contributed by atoms with van der Waals surface area (Å²) >= 11 is 0. The molecule has 1 N–H and O–H groups in total. The molecule has 0 bridgehead atoms. The molecular weight excluding hydrogens is 152 g/mol. The van der Waals surface area contributed by atoms with Crippen molar-refractivity contribution in [3.05, 3.63) is 48.2 Å². The van der Waals surface area contributed by atoms with E-state index in [4.69, 9.17) is 4.74 Å². The Kier molecular flexibility index (Phi) is 3.35. The normalized spacial score (nSPS) is 13.2. The molecule has 0 aliphatic heterocycles. The molecule has 64 valence electrons. The fourth-order valence-corrected chi connectivity index (χ4v) is 0.914. The molecule has 12 heavy (non-hydrogen) atoms. The van der Waals surface area contributed by atoms with Crippen molar-refractivity contribution in [2.24, 2.45) is 0 Å². The van der Waals surface area contributed by atoms with Gasteiger partial charge in [-0.2, -0.15) is 0 Å². The highest BCUT2D eigenvalue weighted by molar-refractivity contribution is 5.20. The van der Waals surface area contributed by atoms with Crippen LogP contribution in [0.4, 0.5) is 0 Å². The van der Waals surface area contributed by atoms with E-state index in [1.807, 2.05) is 30.3 Å². The summed E-state index contributed by atoms with van der Waals surface area (Å²) in [4.78, 5) is 0. The van der Waals surface area contributed by atoms with E-state index in [1.165, 1.54) is 6.26 Å². The third-order valence-electron chi connectivity index (χ3n) is 1.54. The minimum absolute atomic E-state index is 0.578. The van der Waals surface area contributed by atoms with Gasteiger partial charge in [-0.3, -0.25) is 0 Å². The lowest BCUT2D eigenvalue weighted by molar-refractivity contribution is 0.221. The van der Waals surface area contributed by atoms with Crippen molar-refractivity contribution in [2.45, 2.75) is 6.10 Å². The Morgan fingerprint density at radius 3 is 2.58 bits per heavy atom. The van der Waals surface area contributed by atoms with Crippen LogP contribution in [0.25, 0.3) is 0 Å². The number of methoxy groups -OCH3 is 1. The van der Waals surface area contributed by atoms with Gasteiger partial charge in [-0.05, 0) is 11.6 Å². The zero-order valence-corrected chi connectivity index (χ0v) is 6.97. The van der Waals surface area contributed by atoms with Gasteiger partial charge in [0.25, 0.3) is 0 Å². The molecule has 0 saturated heterocycles. The minimum Gasteiger partial charge on any atom is -0.505 e. The van der Waals surface area contributed by atoms with Crippen LogP contribution < -0.4 is 0 Å². The molecule has 0 heterocycles. The second-order valence-corrected chi connectivity index (χ2v) is 2.42. The molecule has 2 nitrogen and oxygen atoms in total. The van der Waals surface area contributed by atoms with Crippen LogP contribution in [0.15, 0.2) is 42.7 Å². The minimum atomic E-state index is -0.578. The average molecular weight is 164 g/mol. The van der Waals surface area contributed by atoms with E-state index >= 15 is 0 Å². The predicted octanol–water partition coefficient (Wildman–Crippen LogP) is 1.88. The maximum atomic E-state index is 9.48. The van der Waals surface area contributed by atoms with Crippen LogP contribution in [0, 0.1) is 0 Å². The Bertz CT molecular complexity index is 241. The Morgan fingerprint density at radius 1 is 1.33 bits per heavy atom.